The predicted molar refractivity (Wildman–Crippen MR) is 279 cm³/mol. The molecule has 0 spiro atoms. The van der Waals surface area contributed by atoms with Gasteiger partial charge in [0.1, 0.15) is 0 Å². The van der Waals surface area contributed by atoms with Crippen LogP contribution in [0, 0.1) is 0 Å². The molecule has 1 aliphatic rings. The smallest absolute Gasteiger partial charge is 0.0714 e. The summed E-state index contributed by atoms with van der Waals surface area (Å²) in [7, 11) is 0. The molecule has 0 radical (unpaired) electrons. The van der Waals surface area contributed by atoms with Gasteiger partial charge in [-0.1, -0.05) is 231 Å². The predicted octanol–water partition coefficient (Wildman–Crippen LogP) is 17.5. The Kier molecular flexibility index (Phi) is 8.82. The minimum absolute atomic E-state index is 0.536. The standard InChI is InChI=1S/C65H43N/c1-5-21-45(22-6-1)62-56-31-16-15-30-54(56)55-41-39-51(43-58(55)63(62)46-23-7-2-8-24-46)66(50-38-40-53-47(42-50)37-36-44-20-13-14-29-52(44)53)61-35-19-34-60-64(61)57-32-17-18-33-59(57)65(60,48-25-9-3-10-26-48)49-27-11-4-12-28-49/h1-43H. The lowest BCUT2D eigenvalue weighted by Crippen LogP contribution is -2.28. The van der Waals surface area contributed by atoms with E-state index in [1.807, 2.05) is 0 Å². The maximum absolute atomic E-state index is 2.53. The van der Waals surface area contributed by atoms with Crippen LogP contribution in [-0.4, -0.2) is 0 Å². The van der Waals surface area contributed by atoms with Crippen molar-refractivity contribution in [1.29, 1.82) is 0 Å². The van der Waals surface area contributed by atoms with Crippen molar-refractivity contribution in [3.8, 4) is 33.4 Å². The first-order chi connectivity index (χ1) is 32.8. The largest absolute Gasteiger partial charge is 0.310 e. The summed E-state index contributed by atoms with van der Waals surface area (Å²) in [6, 6.07) is 96.6. The van der Waals surface area contributed by atoms with Crippen molar-refractivity contribution >= 4 is 60.2 Å². The monoisotopic (exact) mass is 837 g/mol. The Bertz CT molecular complexity index is 3760. The lowest BCUT2D eigenvalue weighted by molar-refractivity contribution is 0.768. The van der Waals surface area contributed by atoms with Gasteiger partial charge in [0.2, 0.25) is 0 Å². The highest BCUT2D eigenvalue weighted by atomic mass is 15.1. The minimum Gasteiger partial charge on any atom is -0.310 e. The quantitative estimate of drug-likeness (QED) is 0.145. The molecule has 12 aromatic carbocycles. The molecule has 0 saturated carbocycles. The van der Waals surface area contributed by atoms with E-state index in [4.69, 9.17) is 0 Å². The van der Waals surface area contributed by atoms with Gasteiger partial charge in [-0.3, -0.25) is 0 Å². The van der Waals surface area contributed by atoms with Crippen LogP contribution in [0.25, 0.3) is 76.5 Å². The Morgan fingerprint density at radius 2 is 0.758 bits per heavy atom. The molecule has 0 N–H and O–H groups in total. The van der Waals surface area contributed by atoms with Crippen LogP contribution >= 0.6 is 0 Å². The molecule has 0 fully saturated rings. The molecule has 0 saturated heterocycles. The first kappa shape index (κ1) is 38.0. The van der Waals surface area contributed by atoms with E-state index in [9.17, 15) is 0 Å². The van der Waals surface area contributed by atoms with Gasteiger partial charge in [-0.15, -0.1) is 0 Å². The fourth-order valence-electron chi connectivity index (χ4n) is 11.4. The van der Waals surface area contributed by atoms with Gasteiger partial charge in [0.05, 0.1) is 11.1 Å². The van der Waals surface area contributed by atoms with Crippen LogP contribution in [0.5, 0.6) is 0 Å². The summed E-state index contributed by atoms with van der Waals surface area (Å²) in [5, 5.41) is 9.89. The summed E-state index contributed by atoms with van der Waals surface area (Å²) in [5.41, 5.74) is 15.2. The van der Waals surface area contributed by atoms with Gasteiger partial charge in [-0.2, -0.15) is 0 Å². The molecule has 0 amide bonds. The van der Waals surface area contributed by atoms with Crippen molar-refractivity contribution in [2.45, 2.75) is 5.41 Å². The van der Waals surface area contributed by atoms with Gasteiger partial charge in [0.25, 0.3) is 0 Å². The van der Waals surface area contributed by atoms with Crippen LogP contribution in [0.3, 0.4) is 0 Å². The molecule has 1 heteroatoms. The van der Waals surface area contributed by atoms with Crippen molar-refractivity contribution in [3.63, 3.8) is 0 Å². The van der Waals surface area contributed by atoms with Crippen molar-refractivity contribution in [2.24, 2.45) is 0 Å². The number of anilines is 3. The Labute approximate surface area is 385 Å². The summed E-state index contributed by atoms with van der Waals surface area (Å²) in [6.45, 7) is 0. The molecule has 12 aromatic rings. The maximum atomic E-state index is 2.53. The van der Waals surface area contributed by atoms with E-state index >= 15 is 0 Å². The third-order valence-electron chi connectivity index (χ3n) is 14.1. The molecular formula is C65H43N. The second kappa shape index (κ2) is 15.3. The lowest BCUT2D eigenvalue weighted by atomic mass is 9.68. The maximum Gasteiger partial charge on any atom is 0.0714 e. The third kappa shape index (κ3) is 5.73. The second-order valence-corrected chi connectivity index (χ2v) is 17.5. The van der Waals surface area contributed by atoms with E-state index < -0.39 is 5.41 Å². The lowest BCUT2D eigenvalue weighted by Gasteiger charge is -2.34. The number of rotatable bonds is 7. The van der Waals surface area contributed by atoms with Gasteiger partial charge in [-0.05, 0) is 123 Å². The van der Waals surface area contributed by atoms with Crippen LogP contribution in [0.15, 0.2) is 261 Å². The van der Waals surface area contributed by atoms with E-state index in [2.05, 4.69) is 266 Å². The van der Waals surface area contributed by atoms with Crippen LogP contribution in [0.2, 0.25) is 0 Å². The fraction of sp³-hybridized carbons (Fsp3) is 0.0154. The van der Waals surface area contributed by atoms with Gasteiger partial charge < -0.3 is 4.90 Å². The fourth-order valence-corrected chi connectivity index (χ4v) is 11.4. The van der Waals surface area contributed by atoms with Crippen LogP contribution in [0.4, 0.5) is 17.1 Å². The highest BCUT2D eigenvalue weighted by Gasteiger charge is 2.47. The Morgan fingerprint density at radius 3 is 1.45 bits per heavy atom. The molecule has 1 aliphatic carbocycles. The van der Waals surface area contributed by atoms with Crippen LogP contribution < -0.4 is 4.90 Å². The number of fused-ring (bicyclic) bond motifs is 9. The van der Waals surface area contributed by atoms with Crippen molar-refractivity contribution in [2.75, 3.05) is 4.90 Å². The summed E-state index contributed by atoms with van der Waals surface area (Å²) in [4.78, 5) is 2.53. The van der Waals surface area contributed by atoms with E-state index in [-0.39, 0.29) is 0 Å². The molecule has 0 aromatic heterocycles. The third-order valence-corrected chi connectivity index (χ3v) is 14.1. The van der Waals surface area contributed by atoms with E-state index in [1.165, 1.54) is 98.7 Å². The molecule has 0 heterocycles. The van der Waals surface area contributed by atoms with Gasteiger partial charge in [-0.25, -0.2) is 0 Å². The number of benzene rings is 12. The number of nitrogens with zero attached hydrogens (tertiary/aromatic N) is 1. The molecule has 0 aliphatic heterocycles. The average molecular weight is 838 g/mol. The summed E-state index contributed by atoms with van der Waals surface area (Å²) >= 11 is 0. The average Bonchev–Trinajstić information content (AvgIpc) is 3.71. The van der Waals surface area contributed by atoms with E-state index in [1.54, 1.807) is 0 Å². The summed E-state index contributed by atoms with van der Waals surface area (Å²) in [6.07, 6.45) is 0. The normalized spacial score (nSPS) is 12.7. The molecular weight excluding hydrogens is 795 g/mol. The highest BCUT2D eigenvalue weighted by molar-refractivity contribution is 6.22. The van der Waals surface area contributed by atoms with Crippen molar-refractivity contribution in [1.82, 2.24) is 0 Å². The molecule has 308 valence electrons. The van der Waals surface area contributed by atoms with Crippen molar-refractivity contribution in [3.05, 3.63) is 283 Å². The van der Waals surface area contributed by atoms with E-state index in [0.29, 0.717) is 0 Å². The Hall–Kier alpha value is -8.52. The zero-order valence-electron chi connectivity index (χ0n) is 36.3. The van der Waals surface area contributed by atoms with E-state index in [0.717, 1.165) is 17.1 Å². The highest BCUT2D eigenvalue weighted by Crippen LogP contribution is 2.60. The van der Waals surface area contributed by atoms with Crippen LogP contribution in [-0.2, 0) is 5.41 Å². The number of hydrogen-bond donors (Lipinski definition) is 0. The second-order valence-electron chi connectivity index (χ2n) is 17.5. The summed E-state index contributed by atoms with van der Waals surface area (Å²) < 4.78 is 0. The molecule has 0 atom stereocenters. The zero-order valence-corrected chi connectivity index (χ0v) is 36.3. The number of hydrogen-bond acceptors (Lipinski definition) is 1. The topological polar surface area (TPSA) is 3.24 Å². The molecule has 13 rings (SSSR count). The van der Waals surface area contributed by atoms with Crippen molar-refractivity contribution < 1.29 is 0 Å². The Balaban J connectivity index is 1.15. The zero-order chi connectivity index (χ0) is 43.6. The Morgan fingerprint density at radius 1 is 0.273 bits per heavy atom. The first-order valence-electron chi connectivity index (χ1n) is 22.9. The SMILES string of the molecule is c1ccc(-c2c(-c3ccccc3)c3cc(N(c4ccc5c(ccc6ccccc65)c4)c4cccc5c4-c4ccccc4C5(c4ccccc4)c4ccccc4)ccc3c3ccccc23)cc1. The molecule has 1 nitrogen and oxygen atoms in total. The van der Waals surface area contributed by atoms with Gasteiger partial charge in [0, 0.05) is 16.9 Å². The molecule has 66 heavy (non-hydrogen) atoms. The first-order valence-corrected chi connectivity index (χ1v) is 22.9. The molecule has 0 unspecified atom stereocenters. The summed E-state index contributed by atoms with van der Waals surface area (Å²) in [5.74, 6) is 0. The minimum atomic E-state index is -0.536. The molecule has 0 bridgehead atoms. The van der Waals surface area contributed by atoms with Gasteiger partial charge >= 0.3 is 0 Å². The van der Waals surface area contributed by atoms with Crippen LogP contribution in [0.1, 0.15) is 22.3 Å². The van der Waals surface area contributed by atoms with Gasteiger partial charge in [0.15, 0.2) is 0 Å².